The summed E-state index contributed by atoms with van der Waals surface area (Å²) in [5, 5.41) is 13.2. The Balaban J connectivity index is 0.929. The van der Waals surface area contributed by atoms with E-state index in [1.807, 2.05) is 48.5 Å². The van der Waals surface area contributed by atoms with Gasteiger partial charge in [-0.1, -0.05) is 60.7 Å². The van der Waals surface area contributed by atoms with E-state index in [0.29, 0.717) is 61.3 Å². The summed E-state index contributed by atoms with van der Waals surface area (Å²) in [7, 11) is 0. The lowest BCUT2D eigenvalue weighted by Gasteiger charge is -2.29. The van der Waals surface area contributed by atoms with Crippen molar-refractivity contribution in [2.45, 2.75) is 103 Å². The third-order valence-corrected chi connectivity index (χ3v) is 11.8. The van der Waals surface area contributed by atoms with E-state index < -0.39 is 59.4 Å². The Morgan fingerprint density at radius 1 is 0.544 bits per heavy atom. The number of benzene rings is 4. The molecule has 4 heterocycles. The normalized spacial score (nSPS) is 17.1. The van der Waals surface area contributed by atoms with Gasteiger partial charge in [0, 0.05) is 46.3 Å². The number of carbonyl (C=O) groups excluding carboxylic acids is 6. The first-order valence-corrected chi connectivity index (χ1v) is 23.0. The maximum absolute atomic E-state index is 14.1. The van der Waals surface area contributed by atoms with Crippen molar-refractivity contribution < 1.29 is 38.2 Å². The van der Waals surface area contributed by atoms with Crippen LogP contribution in [0.25, 0.3) is 33.2 Å². The fourth-order valence-corrected chi connectivity index (χ4v) is 8.82. The minimum atomic E-state index is -1.04. The van der Waals surface area contributed by atoms with Crippen LogP contribution in [0, 0.1) is 0 Å². The van der Waals surface area contributed by atoms with E-state index in [2.05, 4.69) is 31.2 Å². The molecule has 0 spiro atoms. The highest BCUT2D eigenvalue weighted by atomic mass is 16.6. The van der Waals surface area contributed by atoms with Crippen LogP contribution in [0.5, 0.6) is 0 Å². The van der Waals surface area contributed by atoms with Gasteiger partial charge in [-0.05, 0) is 127 Å². The van der Waals surface area contributed by atoms with Crippen LogP contribution in [0.15, 0.2) is 109 Å². The summed E-state index contributed by atoms with van der Waals surface area (Å²) in [6.45, 7) is 11.2. The molecule has 2 saturated heterocycles. The zero-order valence-corrected chi connectivity index (χ0v) is 39.1. The number of nitrogens with one attached hydrogen (secondary N) is 6. The molecule has 8 rings (SSSR count). The topological polar surface area (TPSA) is 207 Å². The van der Waals surface area contributed by atoms with Crippen LogP contribution in [0.4, 0.5) is 21.0 Å². The van der Waals surface area contributed by atoms with Gasteiger partial charge in [0.05, 0.1) is 11.4 Å². The SMILES string of the molecule is CC(C)(C)OC(=O)N[C@@H](C(=O)N1CCCC1C(=O)Nc1ccc2[nH]c(-c3cc4cc(NC(=O)C5CCCN5C(=O)[C@H](NC(=O)OC(C)(C)C)c5ccccc5)ccc4[nH]3)cc2c1)c1ccccc1. The highest BCUT2D eigenvalue weighted by Crippen LogP contribution is 2.32. The molecular weight excluding hydrogens is 865 g/mol. The van der Waals surface area contributed by atoms with Crippen LogP contribution >= 0.6 is 0 Å². The number of aromatic amines is 2. The first-order chi connectivity index (χ1) is 32.4. The van der Waals surface area contributed by atoms with Gasteiger partial charge in [-0.3, -0.25) is 19.2 Å². The Kier molecular flexibility index (Phi) is 13.3. The first-order valence-electron chi connectivity index (χ1n) is 23.0. The van der Waals surface area contributed by atoms with Crippen molar-refractivity contribution >= 4 is 69.0 Å². The lowest BCUT2D eigenvalue weighted by molar-refractivity contribution is -0.138. The third-order valence-electron chi connectivity index (χ3n) is 11.8. The highest BCUT2D eigenvalue weighted by Gasteiger charge is 2.40. The number of H-pyrrole nitrogens is 2. The summed E-state index contributed by atoms with van der Waals surface area (Å²) in [5.41, 5.74) is 4.04. The van der Waals surface area contributed by atoms with Gasteiger partial charge < -0.3 is 50.5 Å². The molecule has 2 aliphatic heterocycles. The first kappa shape index (κ1) is 46.9. The van der Waals surface area contributed by atoms with Crippen molar-refractivity contribution in [1.29, 1.82) is 0 Å². The van der Waals surface area contributed by atoms with E-state index in [9.17, 15) is 28.8 Å². The molecule has 4 aromatic carbocycles. The van der Waals surface area contributed by atoms with Gasteiger partial charge in [0.15, 0.2) is 0 Å². The predicted octanol–water partition coefficient (Wildman–Crippen LogP) is 8.71. The van der Waals surface area contributed by atoms with Gasteiger partial charge in [0.2, 0.25) is 11.8 Å². The van der Waals surface area contributed by atoms with Crippen LogP contribution in [0.3, 0.4) is 0 Å². The second kappa shape index (κ2) is 19.3. The average molecular weight is 923 g/mol. The predicted molar refractivity (Wildman–Crippen MR) is 259 cm³/mol. The molecule has 0 radical (unpaired) electrons. The van der Waals surface area contributed by atoms with Gasteiger partial charge in [-0.15, -0.1) is 0 Å². The highest BCUT2D eigenvalue weighted by molar-refractivity contribution is 6.02. The molecule has 6 amide bonds. The number of aromatic nitrogens is 2. The molecule has 2 aliphatic rings. The van der Waals surface area contributed by atoms with E-state index in [1.165, 1.54) is 9.80 Å². The lowest BCUT2D eigenvalue weighted by Crippen LogP contribution is -2.49. The maximum atomic E-state index is 14.1. The van der Waals surface area contributed by atoms with Gasteiger partial charge >= 0.3 is 12.2 Å². The summed E-state index contributed by atoms with van der Waals surface area (Å²) in [6, 6.07) is 29.3. The van der Waals surface area contributed by atoms with Gasteiger partial charge in [0.25, 0.3) is 11.8 Å². The van der Waals surface area contributed by atoms with Crippen molar-refractivity contribution in [3.05, 3.63) is 120 Å². The number of rotatable bonds is 11. The van der Waals surface area contributed by atoms with E-state index in [-0.39, 0.29) is 11.8 Å². The summed E-state index contributed by atoms with van der Waals surface area (Å²) < 4.78 is 10.9. The van der Waals surface area contributed by atoms with Crippen LogP contribution in [-0.2, 0) is 28.7 Å². The van der Waals surface area contributed by atoms with Gasteiger partial charge in [0.1, 0.15) is 35.4 Å². The number of amides is 6. The van der Waals surface area contributed by atoms with E-state index >= 15 is 0 Å². The summed E-state index contributed by atoms with van der Waals surface area (Å²) in [6.07, 6.45) is 0.737. The summed E-state index contributed by atoms with van der Waals surface area (Å²) >= 11 is 0. The average Bonchev–Trinajstić information content (AvgIpc) is 4.12. The molecule has 4 atom stereocenters. The second-order valence-corrected chi connectivity index (χ2v) is 19.3. The number of likely N-dealkylation sites (tertiary alicyclic amines) is 2. The molecular formula is C52H58N8O8. The number of nitrogens with zero attached hydrogens (tertiary/aromatic N) is 2. The van der Waals surface area contributed by atoms with Crippen molar-refractivity contribution in [3.63, 3.8) is 0 Å². The molecule has 0 saturated carbocycles. The summed E-state index contributed by atoms with van der Waals surface area (Å²) in [4.78, 5) is 91.5. The number of fused-ring (bicyclic) bond motifs is 2. The fourth-order valence-electron chi connectivity index (χ4n) is 8.82. The Bertz CT molecular complexity index is 2650. The molecule has 6 aromatic rings. The molecule has 2 unspecified atom stereocenters. The number of hydrogen-bond acceptors (Lipinski definition) is 8. The largest absolute Gasteiger partial charge is 0.444 e. The number of hydrogen-bond donors (Lipinski definition) is 6. The molecule has 68 heavy (non-hydrogen) atoms. The molecule has 16 nitrogen and oxygen atoms in total. The Morgan fingerprint density at radius 2 is 0.926 bits per heavy atom. The molecule has 0 bridgehead atoms. The van der Waals surface area contributed by atoms with Gasteiger partial charge in [-0.2, -0.15) is 0 Å². The van der Waals surface area contributed by atoms with Crippen LogP contribution in [-0.4, -0.2) is 92.0 Å². The minimum Gasteiger partial charge on any atom is -0.444 e. The Labute approximate surface area is 394 Å². The number of ether oxygens (including phenoxy) is 2. The van der Waals surface area contributed by atoms with Gasteiger partial charge in [-0.25, -0.2) is 9.59 Å². The van der Waals surface area contributed by atoms with E-state index in [0.717, 1.165) is 33.2 Å². The molecule has 16 heteroatoms. The molecule has 0 aliphatic carbocycles. The maximum Gasteiger partial charge on any atom is 0.408 e. The number of carbonyl (C=O) groups is 6. The lowest BCUT2D eigenvalue weighted by atomic mass is 10.0. The van der Waals surface area contributed by atoms with Crippen molar-refractivity contribution in [3.8, 4) is 11.4 Å². The quantitative estimate of drug-likeness (QED) is 0.0739. The van der Waals surface area contributed by atoms with E-state index in [1.54, 1.807) is 102 Å². The Hall–Kier alpha value is -7.62. The Morgan fingerprint density at radius 3 is 1.29 bits per heavy atom. The molecule has 2 fully saturated rings. The molecule has 2 aromatic heterocycles. The minimum absolute atomic E-state index is 0.327. The standard InChI is InChI=1S/C52H58N8O8/c1-51(2,3)67-49(65)57-43(31-15-9-7-10-16-31)47(63)59-25-13-19-41(59)45(61)53-35-21-23-37-33(27-35)29-39(55-37)40-30-34-28-36(22-24-38(34)56-40)54-46(62)42-20-14-26-60(42)48(64)44(32-17-11-8-12-18-32)58-50(66)68-52(4,5)6/h7-12,15-18,21-24,27-30,41-44,55-56H,13-14,19-20,25-26H2,1-6H3,(H,53,61)(H,54,62)(H,57,65)(H,58,66)/t41?,42?,43-,44-/m1/s1. The van der Waals surface area contributed by atoms with E-state index in [4.69, 9.17) is 9.47 Å². The smallest absolute Gasteiger partial charge is 0.408 e. The summed E-state index contributed by atoms with van der Waals surface area (Å²) in [5.74, 6) is -1.44. The monoisotopic (exact) mass is 922 g/mol. The van der Waals surface area contributed by atoms with Crippen LogP contribution in [0.1, 0.15) is 90.4 Å². The van der Waals surface area contributed by atoms with Crippen LogP contribution in [0.2, 0.25) is 0 Å². The number of anilines is 2. The third kappa shape index (κ3) is 11.0. The van der Waals surface area contributed by atoms with Crippen LogP contribution < -0.4 is 21.3 Å². The zero-order chi connectivity index (χ0) is 48.3. The second-order valence-electron chi connectivity index (χ2n) is 19.3. The van der Waals surface area contributed by atoms with Crippen molar-refractivity contribution in [2.24, 2.45) is 0 Å². The zero-order valence-electron chi connectivity index (χ0n) is 39.1. The van der Waals surface area contributed by atoms with Crippen molar-refractivity contribution in [2.75, 3.05) is 23.7 Å². The van der Waals surface area contributed by atoms with Crippen molar-refractivity contribution in [1.82, 2.24) is 30.4 Å². The number of alkyl carbamates (subject to hydrolysis) is 2. The molecule has 6 N–H and O–H groups in total. The fraction of sp³-hybridized carbons (Fsp3) is 0.346. The molecule has 354 valence electrons.